The van der Waals surface area contributed by atoms with Crippen molar-refractivity contribution < 1.29 is 14.3 Å². The Morgan fingerprint density at radius 1 is 0.941 bits per heavy atom. The van der Waals surface area contributed by atoms with Crippen molar-refractivity contribution in [1.82, 2.24) is 0 Å². The fourth-order valence-electron chi connectivity index (χ4n) is 3.18. The van der Waals surface area contributed by atoms with Gasteiger partial charge in [0.25, 0.3) is 0 Å². The maximum Gasteiger partial charge on any atom is 0.237 e. The third-order valence-electron chi connectivity index (χ3n) is 5.01. The van der Waals surface area contributed by atoms with Crippen LogP contribution in [-0.2, 0) is 4.79 Å². The van der Waals surface area contributed by atoms with Crippen LogP contribution in [0.4, 0.5) is 17.1 Å². The van der Waals surface area contributed by atoms with Gasteiger partial charge in [0.2, 0.25) is 5.91 Å². The highest BCUT2D eigenvalue weighted by molar-refractivity contribution is 8.00. The molecule has 34 heavy (non-hydrogen) atoms. The monoisotopic (exact) mass is 495 g/mol. The molecule has 0 saturated carbocycles. The highest BCUT2D eigenvalue weighted by Crippen LogP contribution is 2.32. The molecule has 6 nitrogen and oxygen atoms in total. The fraction of sp³-hybridized carbons (Fsp3) is 0.231. The van der Waals surface area contributed by atoms with Gasteiger partial charge in [0.1, 0.15) is 11.5 Å². The van der Waals surface area contributed by atoms with Crippen molar-refractivity contribution in [1.29, 1.82) is 0 Å². The molecule has 3 rings (SSSR count). The van der Waals surface area contributed by atoms with E-state index in [0.717, 1.165) is 16.3 Å². The Balaban J connectivity index is 1.63. The maximum atomic E-state index is 13.0. The van der Waals surface area contributed by atoms with E-state index in [4.69, 9.17) is 21.7 Å². The number of methoxy groups -OCH3 is 2. The summed E-state index contributed by atoms with van der Waals surface area (Å²) in [4.78, 5) is 14.0. The predicted molar refractivity (Wildman–Crippen MR) is 146 cm³/mol. The van der Waals surface area contributed by atoms with E-state index >= 15 is 0 Å². The number of hydrogen-bond acceptors (Lipinski definition) is 5. The number of hydrogen-bond donors (Lipinski definition) is 3. The lowest BCUT2D eigenvalue weighted by atomic mass is 10.2. The summed E-state index contributed by atoms with van der Waals surface area (Å²) in [6.45, 7) is 4.03. The van der Waals surface area contributed by atoms with Crippen LogP contribution in [0.15, 0.2) is 71.6 Å². The van der Waals surface area contributed by atoms with Crippen LogP contribution >= 0.6 is 24.0 Å². The van der Waals surface area contributed by atoms with Gasteiger partial charge in [-0.1, -0.05) is 30.7 Å². The first-order chi connectivity index (χ1) is 16.4. The molecule has 0 aliphatic heterocycles. The van der Waals surface area contributed by atoms with Gasteiger partial charge in [-0.2, -0.15) is 0 Å². The zero-order valence-corrected chi connectivity index (χ0v) is 21.3. The topological polar surface area (TPSA) is 71.6 Å². The zero-order chi connectivity index (χ0) is 24.5. The number of ether oxygens (including phenoxy) is 2. The lowest BCUT2D eigenvalue weighted by Gasteiger charge is -2.17. The predicted octanol–water partition coefficient (Wildman–Crippen LogP) is 6.33. The Morgan fingerprint density at radius 2 is 1.68 bits per heavy atom. The van der Waals surface area contributed by atoms with Gasteiger partial charge >= 0.3 is 0 Å². The van der Waals surface area contributed by atoms with E-state index in [0.29, 0.717) is 28.7 Å². The summed E-state index contributed by atoms with van der Waals surface area (Å²) in [6.07, 6.45) is 0.667. The molecule has 1 amide bonds. The van der Waals surface area contributed by atoms with E-state index in [1.807, 2.05) is 62.4 Å². The van der Waals surface area contributed by atoms with Crippen molar-refractivity contribution in [2.75, 3.05) is 30.2 Å². The highest BCUT2D eigenvalue weighted by atomic mass is 32.2. The van der Waals surface area contributed by atoms with Crippen molar-refractivity contribution in [2.24, 2.45) is 0 Å². The number of carbonyl (C=O) groups excluding carboxylic acids is 1. The largest absolute Gasteiger partial charge is 0.497 e. The average Bonchev–Trinajstić information content (AvgIpc) is 2.84. The number of rotatable bonds is 9. The summed E-state index contributed by atoms with van der Waals surface area (Å²) in [5, 5.41) is 9.59. The molecular weight excluding hydrogens is 466 g/mol. The molecule has 0 spiro atoms. The van der Waals surface area contributed by atoms with E-state index in [1.54, 1.807) is 32.4 Å². The molecule has 1 unspecified atom stereocenters. The Labute approximate surface area is 210 Å². The molecule has 1 atom stereocenters. The van der Waals surface area contributed by atoms with Crippen LogP contribution < -0.4 is 25.4 Å². The molecule has 0 saturated heterocycles. The van der Waals surface area contributed by atoms with Gasteiger partial charge in [-0.05, 0) is 68.0 Å². The van der Waals surface area contributed by atoms with Crippen LogP contribution in [0, 0.1) is 6.92 Å². The molecule has 0 radical (unpaired) electrons. The van der Waals surface area contributed by atoms with Crippen LogP contribution in [-0.4, -0.2) is 30.5 Å². The highest BCUT2D eigenvalue weighted by Gasteiger charge is 2.20. The summed E-state index contributed by atoms with van der Waals surface area (Å²) in [6, 6.07) is 21.2. The molecule has 178 valence electrons. The Bertz CT molecular complexity index is 1140. The number of amides is 1. The van der Waals surface area contributed by atoms with Crippen molar-refractivity contribution in [3.63, 3.8) is 0 Å². The maximum absolute atomic E-state index is 13.0. The summed E-state index contributed by atoms with van der Waals surface area (Å²) >= 11 is 6.95. The molecule has 0 heterocycles. The Morgan fingerprint density at radius 3 is 2.35 bits per heavy atom. The summed E-state index contributed by atoms with van der Waals surface area (Å²) in [7, 11) is 3.15. The van der Waals surface area contributed by atoms with Gasteiger partial charge < -0.3 is 25.4 Å². The Kier molecular flexibility index (Phi) is 9.18. The molecule has 3 aromatic carbocycles. The lowest BCUT2D eigenvalue weighted by molar-refractivity contribution is -0.115. The van der Waals surface area contributed by atoms with Crippen LogP contribution in [0.5, 0.6) is 11.5 Å². The number of thioether (sulfide) groups is 1. The minimum Gasteiger partial charge on any atom is -0.497 e. The van der Waals surface area contributed by atoms with E-state index in [1.165, 1.54) is 17.3 Å². The van der Waals surface area contributed by atoms with E-state index < -0.39 is 0 Å². The number of thiocarbonyl (C=S) groups is 1. The minimum absolute atomic E-state index is 0.0918. The van der Waals surface area contributed by atoms with Crippen molar-refractivity contribution >= 4 is 52.1 Å². The number of aryl methyl sites for hydroxylation is 1. The number of carbonyl (C=O) groups is 1. The molecule has 3 aromatic rings. The molecule has 0 aromatic heterocycles. The lowest BCUT2D eigenvalue weighted by Crippen LogP contribution is -2.24. The summed E-state index contributed by atoms with van der Waals surface area (Å²) in [5.74, 6) is 1.12. The van der Waals surface area contributed by atoms with Crippen LogP contribution in [0.2, 0.25) is 0 Å². The zero-order valence-electron chi connectivity index (χ0n) is 19.7. The average molecular weight is 496 g/mol. The number of anilines is 3. The van der Waals surface area contributed by atoms with Crippen LogP contribution in [0.25, 0.3) is 0 Å². The second-order valence-corrected chi connectivity index (χ2v) is 9.23. The first kappa shape index (κ1) is 25.4. The number of nitrogens with one attached hydrogen (secondary N) is 3. The molecule has 0 aliphatic carbocycles. The fourth-order valence-corrected chi connectivity index (χ4v) is 4.43. The molecule has 0 fully saturated rings. The number of benzene rings is 3. The van der Waals surface area contributed by atoms with Crippen molar-refractivity contribution in [3.05, 3.63) is 72.3 Å². The SMILES string of the molecule is CCC(Sc1cccc(NC(=S)Nc2ccc(C)cc2)c1)C(=O)Nc1ccc(OC)cc1OC. The minimum atomic E-state index is -0.278. The van der Waals surface area contributed by atoms with Crippen LogP contribution in [0.3, 0.4) is 0 Å². The first-order valence-corrected chi connectivity index (χ1v) is 12.1. The van der Waals surface area contributed by atoms with Gasteiger partial charge in [0.15, 0.2) is 5.11 Å². The van der Waals surface area contributed by atoms with Crippen LogP contribution in [0.1, 0.15) is 18.9 Å². The van der Waals surface area contributed by atoms with E-state index in [2.05, 4.69) is 16.0 Å². The molecule has 3 N–H and O–H groups in total. The normalized spacial score (nSPS) is 11.3. The van der Waals surface area contributed by atoms with Crippen molar-refractivity contribution in [2.45, 2.75) is 30.4 Å². The second-order valence-electron chi connectivity index (χ2n) is 7.54. The molecule has 0 aliphatic rings. The van der Waals surface area contributed by atoms with Crippen molar-refractivity contribution in [3.8, 4) is 11.5 Å². The molecule has 0 bridgehead atoms. The second kappa shape index (κ2) is 12.3. The standard InChI is InChI=1S/C26H29N3O3S2/c1-5-24(25(30)29-22-14-13-20(31-3)16-23(22)32-4)34-21-8-6-7-19(15-21)28-26(33)27-18-11-9-17(2)10-12-18/h6-16,24H,5H2,1-4H3,(H,29,30)(H2,27,28,33). The van der Waals surface area contributed by atoms with Gasteiger partial charge in [-0.3, -0.25) is 4.79 Å². The molecule has 8 heteroatoms. The first-order valence-electron chi connectivity index (χ1n) is 10.9. The summed E-state index contributed by atoms with van der Waals surface area (Å²) in [5.41, 5.74) is 3.57. The van der Waals surface area contributed by atoms with E-state index in [9.17, 15) is 4.79 Å². The van der Waals surface area contributed by atoms with Gasteiger partial charge in [-0.25, -0.2) is 0 Å². The molecular formula is C26H29N3O3S2. The quantitative estimate of drug-likeness (QED) is 0.237. The van der Waals surface area contributed by atoms with Gasteiger partial charge in [0.05, 0.1) is 25.2 Å². The van der Waals surface area contributed by atoms with Gasteiger partial charge in [-0.15, -0.1) is 11.8 Å². The third kappa shape index (κ3) is 7.13. The third-order valence-corrected chi connectivity index (χ3v) is 6.57. The smallest absolute Gasteiger partial charge is 0.237 e. The van der Waals surface area contributed by atoms with E-state index in [-0.39, 0.29) is 11.2 Å². The Hall–Kier alpha value is -3.23. The van der Waals surface area contributed by atoms with Gasteiger partial charge in [0, 0.05) is 22.3 Å². The summed E-state index contributed by atoms with van der Waals surface area (Å²) < 4.78 is 10.6.